The topological polar surface area (TPSA) is 15.3 Å². The lowest BCUT2D eigenvalue weighted by atomic mass is 10.1. The van der Waals surface area contributed by atoms with Gasteiger partial charge in [-0.15, -0.1) is 0 Å². The highest BCUT2D eigenvalue weighted by atomic mass is 19.4. The SMILES string of the molecule is FC(F)(F)N(c1ccccc1)C1CCCNC1. The van der Waals surface area contributed by atoms with Crippen LogP contribution in [-0.4, -0.2) is 25.4 Å². The average molecular weight is 244 g/mol. The molecular weight excluding hydrogens is 229 g/mol. The number of nitrogens with zero attached hydrogens (tertiary/aromatic N) is 1. The molecule has 2 nitrogen and oxygen atoms in total. The number of hydrogen-bond donors (Lipinski definition) is 1. The monoisotopic (exact) mass is 244 g/mol. The molecule has 0 aromatic heterocycles. The standard InChI is InChI=1S/C12H15F3N2/c13-12(14,15)17(10-5-2-1-3-6-10)11-7-4-8-16-9-11/h1-3,5-6,11,16H,4,7-9H2. The molecule has 1 aliphatic rings. The summed E-state index contributed by atoms with van der Waals surface area (Å²) in [6.45, 7) is 1.19. The molecule has 5 heteroatoms. The molecule has 0 bridgehead atoms. The first-order valence-corrected chi connectivity index (χ1v) is 5.71. The summed E-state index contributed by atoms with van der Waals surface area (Å²) >= 11 is 0. The van der Waals surface area contributed by atoms with Gasteiger partial charge in [-0.3, -0.25) is 4.90 Å². The number of para-hydroxylation sites is 1. The Bertz CT molecular complexity index is 345. The molecule has 0 spiro atoms. The molecule has 0 amide bonds. The Morgan fingerprint density at radius 1 is 1.18 bits per heavy atom. The molecule has 1 N–H and O–H groups in total. The molecule has 17 heavy (non-hydrogen) atoms. The van der Waals surface area contributed by atoms with Gasteiger partial charge in [-0.1, -0.05) is 18.2 Å². The third kappa shape index (κ3) is 2.91. The van der Waals surface area contributed by atoms with Crippen molar-refractivity contribution in [1.82, 2.24) is 5.32 Å². The fourth-order valence-corrected chi connectivity index (χ4v) is 2.21. The average Bonchev–Trinajstić information content (AvgIpc) is 2.30. The number of anilines is 1. The number of alkyl halides is 3. The largest absolute Gasteiger partial charge is 0.485 e. The van der Waals surface area contributed by atoms with Gasteiger partial charge >= 0.3 is 6.30 Å². The van der Waals surface area contributed by atoms with Gasteiger partial charge in [-0.2, -0.15) is 13.2 Å². The molecule has 1 unspecified atom stereocenters. The molecule has 1 atom stereocenters. The summed E-state index contributed by atoms with van der Waals surface area (Å²) in [5.41, 5.74) is 0.216. The zero-order valence-electron chi connectivity index (χ0n) is 9.37. The van der Waals surface area contributed by atoms with Crippen LogP contribution in [0.25, 0.3) is 0 Å². The molecule has 94 valence electrons. The Balaban J connectivity index is 2.25. The number of nitrogens with one attached hydrogen (secondary N) is 1. The van der Waals surface area contributed by atoms with Gasteiger partial charge in [0, 0.05) is 18.3 Å². The van der Waals surface area contributed by atoms with Gasteiger partial charge in [0.15, 0.2) is 0 Å². The van der Waals surface area contributed by atoms with Crippen molar-refractivity contribution in [2.45, 2.75) is 25.2 Å². The van der Waals surface area contributed by atoms with Crippen LogP contribution in [0.5, 0.6) is 0 Å². The molecule has 0 radical (unpaired) electrons. The lowest BCUT2D eigenvalue weighted by Gasteiger charge is -2.37. The van der Waals surface area contributed by atoms with Crippen LogP contribution in [0.2, 0.25) is 0 Å². The Morgan fingerprint density at radius 3 is 2.41 bits per heavy atom. The molecular formula is C12H15F3N2. The van der Waals surface area contributed by atoms with Crippen molar-refractivity contribution in [1.29, 1.82) is 0 Å². The van der Waals surface area contributed by atoms with Crippen molar-refractivity contribution >= 4 is 5.69 Å². The molecule has 1 aromatic carbocycles. The van der Waals surface area contributed by atoms with Crippen LogP contribution in [0.15, 0.2) is 30.3 Å². The first-order valence-electron chi connectivity index (χ1n) is 5.71. The molecule has 1 aliphatic heterocycles. The molecule has 1 aromatic rings. The summed E-state index contributed by atoms with van der Waals surface area (Å²) in [7, 11) is 0. The highest BCUT2D eigenvalue weighted by Crippen LogP contribution is 2.32. The normalized spacial score (nSPS) is 21.2. The number of rotatable bonds is 2. The van der Waals surface area contributed by atoms with E-state index in [1.54, 1.807) is 18.2 Å². The predicted molar refractivity (Wildman–Crippen MR) is 60.9 cm³/mol. The Morgan fingerprint density at radius 2 is 1.88 bits per heavy atom. The van der Waals surface area contributed by atoms with Crippen LogP contribution in [-0.2, 0) is 0 Å². The van der Waals surface area contributed by atoms with Crippen LogP contribution in [0.3, 0.4) is 0 Å². The third-order valence-corrected chi connectivity index (χ3v) is 2.94. The number of benzene rings is 1. The zero-order valence-corrected chi connectivity index (χ0v) is 9.37. The minimum atomic E-state index is -4.33. The Labute approximate surface area is 98.4 Å². The summed E-state index contributed by atoms with van der Waals surface area (Å²) in [4.78, 5) is 0.569. The Hall–Kier alpha value is -1.23. The van der Waals surface area contributed by atoms with E-state index in [0.29, 0.717) is 17.9 Å². The van der Waals surface area contributed by atoms with Crippen LogP contribution >= 0.6 is 0 Å². The van der Waals surface area contributed by atoms with E-state index >= 15 is 0 Å². The van der Waals surface area contributed by atoms with E-state index in [4.69, 9.17) is 0 Å². The third-order valence-electron chi connectivity index (χ3n) is 2.94. The lowest BCUT2D eigenvalue weighted by Crippen LogP contribution is -2.52. The molecule has 1 fully saturated rings. The molecule has 1 saturated heterocycles. The van der Waals surface area contributed by atoms with Crippen molar-refractivity contribution in [3.05, 3.63) is 30.3 Å². The van der Waals surface area contributed by atoms with Gasteiger partial charge in [-0.25, -0.2) is 0 Å². The van der Waals surface area contributed by atoms with E-state index in [9.17, 15) is 13.2 Å². The maximum atomic E-state index is 13.1. The van der Waals surface area contributed by atoms with Crippen LogP contribution in [0, 0.1) is 0 Å². The second-order valence-electron chi connectivity index (χ2n) is 4.17. The van der Waals surface area contributed by atoms with Gasteiger partial charge < -0.3 is 5.32 Å². The van der Waals surface area contributed by atoms with Crippen molar-refractivity contribution in [3.63, 3.8) is 0 Å². The summed E-state index contributed by atoms with van der Waals surface area (Å²) in [6, 6.07) is 7.47. The van der Waals surface area contributed by atoms with E-state index in [1.165, 1.54) is 12.1 Å². The van der Waals surface area contributed by atoms with Crippen LogP contribution in [0.1, 0.15) is 12.8 Å². The van der Waals surface area contributed by atoms with Gasteiger partial charge in [-0.05, 0) is 31.5 Å². The summed E-state index contributed by atoms with van der Waals surface area (Å²) in [5, 5.41) is 3.02. The maximum absolute atomic E-state index is 13.1. The minimum absolute atomic E-state index is 0.216. The van der Waals surface area contributed by atoms with E-state index in [1.807, 2.05) is 0 Å². The van der Waals surface area contributed by atoms with Gasteiger partial charge in [0.05, 0.1) is 0 Å². The van der Waals surface area contributed by atoms with Crippen LogP contribution < -0.4 is 10.2 Å². The number of hydrogen-bond acceptors (Lipinski definition) is 2. The smallest absolute Gasteiger partial charge is 0.315 e. The first kappa shape index (κ1) is 12.2. The number of piperidine rings is 1. The number of halogens is 3. The first-order chi connectivity index (χ1) is 8.09. The minimum Gasteiger partial charge on any atom is -0.315 e. The van der Waals surface area contributed by atoms with E-state index in [-0.39, 0.29) is 5.69 Å². The summed E-state index contributed by atoms with van der Waals surface area (Å²) < 4.78 is 39.3. The second kappa shape index (κ2) is 4.96. The van der Waals surface area contributed by atoms with Crippen LogP contribution in [0.4, 0.5) is 18.9 Å². The van der Waals surface area contributed by atoms with Crippen molar-refractivity contribution in [2.75, 3.05) is 18.0 Å². The van der Waals surface area contributed by atoms with Gasteiger partial charge in [0.1, 0.15) is 0 Å². The van der Waals surface area contributed by atoms with Gasteiger partial charge in [0.25, 0.3) is 0 Å². The highest BCUT2D eigenvalue weighted by Gasteiger charge is 2.42. The lowest BCUT2D eigenvalue weighted by molar-refractivity contribution is -0.135. The Kier molecular flexibility index (Phi) is 3.57. The van der Waals surface area contributed by atoms with E-state index in [2.05, 4.69) is 5.32 Å². The molecule has 0 saturated carbocycles. The molecule has 0 aliphatic carbocycles. The van der Waals surface area contributed by atoms with Crippen molar-refractivity contribution < 1.29 is 13.2 Å². The van der Waals surface area contributed by atoms with Crippen molar-refractivity contribution in [2.24, 2.45) is 0 Å². The fraction of sp³-hybridized carbons (Fsp3) is 0.500. The van der Waals surface area contributed by atoms with Crippen molar-refractivity contribution in [3.8, 4) is 0 Å². The van der Waals surface area contributed by atoms with E-state index < -0.39 is 12.3 Å². The van der Waals surface area contributed by atoms with E-state index in [0.717, 1.165) is 13.0 Å². The van der Waals surface area contributed by atoms with Gasteiger partial charge in [0.2, 0.25) is 0 Å². The maximum Gasteiger partial charge on any atom is 0.485 e. The fourth-order valence-electron chi connectivity index (χ4n) is 2.21. The predicted octanol–water partition coefficient (Wildman–Crippen LogP) is 2.76. The summed E-state index contributed by atoms with van der Waals surface area (Å²) in [6.07, 6.45) is -2.98. The quantitative estimate of drug-likeness (QED) is 0.805. The second-order valence-corrected chi connectivity index (χ2v) is 4.17. The zero-order chi connectivity index (χ0) is 12.3. The molecule has 1 heterocycles. The highest BCUT2D eigenvalue weighted by molar-refractivity contribution is 5.48. The summed E-state index contributed by atoms with van der Waals surface area (Å²) in [5.74, 6) is 0. The molecule has 2 rings (SSSR count).